The number of ketones is 1. The molecule has 166 valence electrons. The fraction of sp³-hybridized carbons (Fsp3) is 0.192. The number of hydrogen-bond acceptors (Lipinski definition) is 7. The molecule has 4 aromatic rings. The lowest BCUT2D eigenvalue weighted by atomic mass is 9.81. The van der Waals surface area contributed by atoms with Crippen LogP contribution >= 0.6 is 0 Å². The van der Waals surface area contributed by atoms with E-state index < -0.39 is 23.3 Å². The van der Waals surface area contributed by atoms with Crippen molar-refractivity contribution in [1.82, 2.24) is 0 Å². The third-order valence-corrected chi connectivity index (χ3v) is 6.15. The van der Waals surface area contributed by atoms with Crippen LogP contribution in [0, 0.1) is 6.92 Å². The average molecular weight is 444 g/mol. The van der Waals surface area contributed by atoms with E-state index in [9.17, 15) is 19.5 Å². The van der Waals surface area contributed by atoms with Gasteiger partial charge in [-0.25, -0.2) is 4.79 Å². The van der Waals surface area contributed by atoms with Crippen molar-refractivity contribution in [2.75, 3.05) is 7.11 Å². The highest BCUT2D eigenvalue weighted by molar-refractivity contribution is 6.09. The standard InChI is InChI=1S/C26H20O7/c1-12-10-19(28)32-25-21(12)24(30)22(13(2)27)26-23(25)17(11-20(29)33-26)15-8-9-18(31-3)16-7-5-4-6-14(15)16/h4-10,17,30H,11H2,1-3H3/t17-/m0/s1. The van der Waals surface area contributed by atoms with Crippen molar-refractivity contribution in [1.29, 1.82) is 0 Å². The van der Waals surface area contributed by atoms with Crippen molar-refractivity contribution < 1.29 is 28.6 Å². The van der Waals surface area contributed by atoms with Gasteiger partial charge < -0.3 is 19.0 Å². The Bertz CT molecular complexity index is 1540. The minimum absolute atomic E-state index is 0.0296. The number of aromatic hydroxyl groups is 1. The van der Waals surface area contributed by atoms with Gasteiger partial charge in [0.15, 0.2) is 11.5 Å². The van der Waals surface area contributed by atoms with Crippen LogP contribution in [0.25, 0.3) is 21.7 Å². The molecule has 0 spiro atoms. The number of benzene rings is 3. The van der Waals surface area contributed by atoms with E-state index in [1.807, 2.05) is 36.4 Å². The Morgan fingerprint density at radius 3 is 2.55 bits per heavy atom. The quantitative estimate of drug-likeness (QED) is 0.213. The first kappa shape index (κ1) is 20.8. The van der Waals surface area contributed by atoms with Crippen molar-refractivity contribution >= 4 is 33.5 Å². The molecule has 1 atom stereocenters. The van der Waals surface area contributed by atoms with Crippen molar-refractivity contribution in [2.24, 2.45) is 0 Å². The smallest absolute Gasteiger partial charge is 0.336 e. The summed E-state index contributed by atoms with van der Waals surface area (Å²) in [6, 6.07) is 12.5. The molecule has 7 nitrogen and oxygen atoms in total. The van der Waals surface area contributed by atoms with E-state index in [0.717, 1.165) is 16.3 Å². The number of phenols is 1. The highest BCUT2D eigenvalue weighted by atomic mass is 16.5. The molecule has 1 aliphatic rings. The lowest BCUT2D eigenvalue weighted by molar-refractivity contribution is -0.135. The maximum absolute atomic E-state index is 12.7. The summed E-state index contributed by atoms with van der Waals surface area (Å²) in [6.07, 6.45) is -0.0296. The van der Waals surface area contributed by atoms with Gasteiger partial charge in [-0.2, -0.15) is 0 Å². The second-order valence-electron chi connectivity index (χ2n) is 8.11. The first-order chi connectivity index (χ1) is 15.8. The van der Waals surface area contributed by atoms with Crippen LogP contribution in [0.2, 0.25) is 0 Å². The second-order valence-corrected chi connectivity index (χ2v) is 8.11. The Kier molecular flexibility index (Phi) is 4.70. The fourth-order valence-corrected chi connectivity index (χ4v) is 4.78. The second kappa shape index (κ2) is 7.48. The zero-order valence-corrected chi connectivity index (χ0v) is 18.2. The number of carbonyl (C=O) groups is 2. The molecular weight excluding hydrogens is 424 g/mol. The van der Waals surface area contributed by atoms with Crippen molar-refractivity contribution in [2.45, 2.75) is 26.2 Å². The van der Waals surface area contributed by atoms with Crippen molar-refractivity contribution in [3.05, 3.63) is 75.1 Å². The van der Waals surface area contributed by atoms with Gasteiger partial charge in [0, 0.05) is 22.9 Å². The van der Waals surface area contributed by atoms with Crippen LogP contribution in [0.3, 0.4) is 0 Å². The van der Waals surface area contributed by atoms with Crippen LogP contribution < -0.4 is 15.1 Å². The van der Waals surface area contributed by atoms with Gasteiger partial charge in [0.1, 0.15) is 22.6 Å². The van der Waals surface area contributed by atoms with Crippen molar-refractivity contribution in [3.63, 3.8) is 0 Å². The van der Waals surface area contributed by atoms with E-state index in [0.29, 0.717) is 16.9 Å². The molecule has 1 aliphatic heterocycles. The Hall–Kier alpha value is -4.13. The lowest BCUT2D eigenvalue weighted by Gasteiger charge is -2.28. The van der Waals surface area contributed by atoms with Gasteiger partial charge in [-0.1, -0.05) is 30.3 Å². The highest BCUT2D eigenvalue weighted by Crippen LogP contribution is 2.50. The number of phenolic OH excluding ortho intramolecular Hbond substituents is 1. The number of aryl methyl sites for hydroxylation is 1. The van der Waals surface area contributed by atoms with E-state index in [1.165, 1.54) is 13.0 Å². The molecule has 0 amide bonds. The van der Waals surface area contributed by atoms with Gasteiger partial charge in [0.25, 0.3) is 0 Å². The van der Waals surface area contributed by atoms with Gasteiger partial charge in [-0.3, -0.25) is 9.59 Å². The predicted octanol–water partition coefficient (Wildman–Crippen LogP) is 4.61. The molecule has 2 heterocycles. The Morgan fingerprint density at radius 2 is 1.85 bits per heavy atom. The summed E-state index contributed by atoms with van der Waals surface area (Å²) in [7, 11) is 1.58. The molecule has 0 bridgehead atoms. The summed E-state index contributed by atoms with van der Waals surface area (Å²) in [5.74, 6) is -1.36. The number of esters is 1. The van der Waals surface area contributed by atoms with E-state index in [1.54, 1.807) is 14.0 Å². The Labute approximate surface area is 188 Å². The molecular formula is C26H20O7. The normalized spacial score (nSPS) is 15.4. The highest BCUT2D eigenvalue weighted by Gasteiger charge is 2.38. The third kappa shape index (κ3) is 3.08. The van der Waals surface area contributed by atoms with Gasteiger partial charge in [0.2, 0.25) is 0 Å². The summed E-state index contributed by atoms with van der Waals surface area (Å²) in [5, 5.41) is 12.9. The summed E-state index contributed by atoms with van der Waals surface area (Å²) < 4.78 is 16.6. The monoisotopic (exact) mass is 444 g/mol. The largest absolute Gasteiger partial charge is 0.506 e. The van der Waals surface area contributed by atoms with Crippen LogP contribution in [0.4, 0.5) is 0 Å². The van der Waals surface area contributed by atoms with E-state index in [2.05, 4.69) is 0 Å². The van der Waals surface area contributed by atoms with Crippen LogP contribution in [-0.2, 0) is 4.79 Å². The SMILES string of the molecule is COc1ccc([C@@H]2CC(=O)Oc3c(C(C)=O)c(O)c4c(C)cc(=O)oc4c32)c2ccccc12. The minimum Gasteiger partial charge on any atom is -0.506 e. The van der Waals surface area contributed by atoms with E-state index in [4.69, 9.17) is 13.9 Å². The summed E-state index contributed by atoms with van der Waals surface area (Å²) in [4.78, 5) is 37.5. The summed E-state index contributed by atoms with van der Waals surface area (Å²) in [6.45, 7) is 2.94. The molecule has 0 saturated heterocycles. The molecule has 0 saturated carbocycles. The van der Waals surface area contributed by atoms with E-state index in [-0.39, 0.29) is 34.5 Å². The zero-order chi connectivity index (χ0) is 23.4. The fourth-order valence-electron chi connectivity index (χ4n) is 4.78. The number of ether oxygens (including phenoxy) is 2. The van der Waals surface area contributed by atoms with Crippen LogP contribution in [0.15, 0.2) is 51.7 Å². The molecule has 0 radical (unpaired) electrons. The van der Waals surface area contributed by atoms with Crippen LogP contribution in [0.1, 0.15) is 46.3 Å². The Morgan fingerprint density at radius 1 is 1.12 bits per heavy atom. The first-order valence-corrected chi connectivity index (χ1v) is 10.4. The summed E-state index contributed by atoms with van der Waals surface area (Å²) in [5.41, 5.74) is 1.03. The number of methoxy groups -OCH3 is 1. The molecule has 7 heteroatoms. The van der Waals surface area contributed by atoms with Gasteiger partial charge in [-0.15, -0.1) is 0 Å². The molecule has 5 rings (SSSR count). The van der Waals surface area contributed by atoms with Gasteiger partial charge >= 0.3 is 11.6 Å². The number of carbonyl (C=O) groups excluding carboxylic acids is 2. The molecule has 0 aliphatic carbocycles. The first-order valence-electron chi connectivity index (χ1n) is 10.4. The maximum atomic E-state index is 12.7. The van der Waals surface area contributed by atoms with Gasteiger partial charge in [-0.05, 0) is 36.4 Å². The number of fused-ring (bicyclic) bond motifs is 4. The zero-order valence-electron chi connectivity index (χ0n) is 18.2. The minimum atomic E-state index is -0.604. The third-order valence-electron chi connectivity index (χ3n) is 6.15. The topological polar surface area (TPSA) is 103 Å². The molecule has 0 unspecified atom stereocenters. The molecule has 1 aromatic heterocycles. The average Bonchev–Trinajstić information content (AvgIpc) is 2.77. The Balaban J connectivity index is 1.95. The summed E-state index contributed by atoms with van der Waals surface area (Å²) >= 11 is 0. The number of hydrogen-bond donors (Lipinski definition) is 1. The van der Waals surface area contributed by atoms with Gasteiger partial charge in [0.05, 0.1) is 18.9 Å². The van der Waals surface area contributed by atoms with Crippen molar-refractivity contribution in [3.8, 4) is 17.2 Å². The number of Topliss-reactive ketones (excluding diaryl/α,β-unsaturated/α-hetero) is 1. The number of rotatable bonds is 3. The van der Waals surface area contributed by atoms with Crippen LogP contribution in [-0.4, -0.2) is 24.0 Å². The van der Waals surface area contributed by atoms with Crippen LogP contribution in [0.5, 0.6) is 17.2 Å². The molecule has 3 aromatic carbocycles. The predicted molar refractivity (Wildman–Crippen MR) is 121 cm³/mol. The molecule has 33 heavy (non-hydrogen) atoms. The lowest BCUT2D eigenvalue weighted by Crippen LogP contribution is -2.24. The molecule has 0 fully saturated rings. The molecule has 1 N–H and O–H groups in total. The maximum Gasteiger partial charge on any atom is 0.336 e. The van der Waals surface area contributed by atoms with E-state index >= 15 is 0 Å².